The average Bonchev–Trinajstić information content (AvgIpc) is 2.89. The van der Waals surface area contributed by atoms with Crippen LogP contribution >= 0.6 is 0 Å². The first-order chi connectivity index (χ1) is 17.6. The molecule has 3 aromatic rings. The number of amides is 1. The van der Waals surface area contributed by atoms with Crippen molar-refractivity contribution in [2.24, 2.45) is 0 Å². The lowest BCUT2D eigenvalue weighted by Crippen LogP contribution is -2.48. The number of ether oxygens (including phenoxy) is 1. The van der Waals surface area contributed by atoms with Crippen LogP contribution in [0, 0.1) is 0 Å². The molecule has 37 heavy (non-hydrogen) atoms. The minimum Gasteiger partial charge on any atom is -0.495 e. The van der Waals surface area contributed by atoms with Gasteiger partial charge in [-0.1, -0.05) is 12.1 Å². The minimum absolute atomic E-state index is 0.00576. The topological polar surface area (TPSA) is 125 Å². The Kier molecular flexibility index (Phi) is 7.71. The molecule has 10 nitrogen and oxygen atoms in total. The highest BCUT2D eigenvalue weighted by molar-refractivity contribution is 7.92. The quantitative estimate of drug-likeness (QED) is 0.447. The molecule has 3 aromatic carbocycles. The van der Waals surface area contributed by atoms with Gasteiger partial charge in [0.15, 0.2) is 0 Å². The molecule has 2 N–H and O–H groups in total. The normalized spacial score (nSPS) is 14.7. The molecule has 0 atom stereocenters. The summed E-state index contributed by atoms with van der Waals surface area (Å²) >= 11 is 0. The summed E-state index contributed by atoms with van der Waals surface area (Å²) in [6.45, 7) is 3.00. The fourth-order valence-corrected chi connectivity index (χ4v) is 6.52. The number of carbonyl (C=O) groups is 1. The number of methoxy groups -OCH3 is 1. The summed E-state index contributed by atoms with van der Waals surface area (Å²) in [6, 6.07) is 18.9. The Morgan fingerprint density at radius 2 is 1.35 bits per heavy atom. The van der Waals surface area contributed by atoms with Crippen LogP contribution in [-0.2, 0) is 24.8 Å². The summed E-state index contributed by atoms with van der Waals surface area (Å²) in [5.41, 5.74) is 1.62. The maximum atomic E-state index is 13.2. The van der Waals surface area contributed by atoms with Crippen LogP contribution in [0.25, 0.3) is 0 Å². The molecular formula is C25H28N4O6S2. The van der Waals surface area contributed by atoms with Gasteiger partial charge in [-0.05, 0) is 60.7 Å². The first kappa shape index (κ1) is 26.5. The largest absolute Gasteiger partial charge is 0.495 e. The van der Waals surface area contributed by atoms with Gasteiger partial charge < -0.3 is 15.0 Å². The number of nitrogens with one attached hydrogen (secondary N) is 2. The predicted octanol–water partition coefficient (Wildman–Crippen LogP) is 2.97. The van der Waals surface area contributed by atoms with E-state index < -0.39 is 20.0 Å². The molecule has 0 aliphatic carbocycles. The molecule has 0 saturated carbocycles. The van der Waals surface area contributed by atoms with E-state index in [4.69, 9.17) is 4.74 Å². The average molecular weight is 545 g/mol. The maximum absolute atomic E-state index is 13.2. The Morgan fingerprint density at radius 3 is 1.95 bits per heavy atom. The third-order valence-electron chi connectivity index (χ3n) is 5.89. The van der Waals surface area contributed by atoms with Gasteiger partial charge in [-0.25, -0.2) is 16.8 Å². The number of rotatable bonds is 8. The summed E-state index contributed by atoms with van der Waals surface area (Å²) in [4.78, 5) is 13.3. The number of benzene rings is 3. The van der Waals surface area contributed by atoms with Crippen LogP contribution in [0.15, 0.2) is 82.6 Å². The highest BCUT2D eigenvalue weighted by Gasteiger charge is 2.29. The van der Waals surface area contributed by atoms with Crippen LogP contribution in [0.4, 0.5) is 17.1 Å². The molecule has 1 aliphatic heterocycles. The zero-order valence-corrected chi connectivity index (χ0v) is 22.1. The van der Waals surface area contributed by atoms with Gasteiger partial charge in [0.25, 0.3) is 10.0 Å². The summed E-state index contributed by atoms with van der Waals surface area (Å²) in [5.74, 6) is 0.475. The lowest BCUT2D eigenvalue weighted by molar-refractivity contribution is -0.114. The van der Waals surface area contributed by atoms with E-state index in [0.717, 1.165) is 11.4 Å². The van der Waals surface area contributed by atoms with Crippen LogP contribution in [0.2, 0.25) is 0 Å². The number of piperazine rings is 1. The molecule has 1 saturated heterocycles. The molecule has 4 rings (SSSR count). The van der Waals surface area contributed by atoms with Crippen molar-refractivity contribution >= 4 is 43.0 Å². The second kappa shape index (κ2) is 10.8. The van der Waals surface area contributed by atoms with E-state index in [1.807, 2.05) is 24.3 Å². The van der Waals surface area contributed by atoms with Crippen molar-refractivity contribution < 1.29 is 26.4 Å². The van der Waals surface area contributed by atoms with Crippen molar-refractivity contribution in [3.05, 3.63) is 72.8 Å². The second-order valence-corrected chi connectivity index (χ2v) is 12.0. The molecule has 1 heterocycles. The Balaban J connectivity index is 1.41. The third-order valence-corrected chi connectivity index (χ3v) is 9.20. The Labute approximate surface area is 217 Å². The van der Waals surface area contributed by atoms with E-state index in [0.29, 0.717) is 31.9 Å². The highest BCUT2D eigenvalue weighted by atomic mass is 32.2. The van der Waals surface area contributed by atoms with Crippen molar-refractivity contribution in [2.45, 2.75) is 16.7 Å². The van der Waals surface area contributed by atoms with Gasteiger partial charge >= 0.3 is 0 Å². The number of nitrogens with zero attached hydrogens (tertiary/aromatic N) is 2. The van der Waals surface area contributed by atoms with E-state index in [2.05, 4.69) is 14.9 Å². The number of carbonyl (C=O) groups excluding carboxylic acids is 1. The van der Waals surface area contributed by atoms with Gasteiger partial charge in [0.1, 0.15) is 5.75 Å². The standard InChI is InChI=1S/C25H28N4O6S2/c1-19(30)26-20-7-11-22(12-8-20)36(31,32)27-21-9-13-23(14-10-21)37(33,34)29-17-15-28(16-18-29)24-5-3-4-6-25(24)35-2/h3-14,27H,15-18H2,1-2H3,(H,26,30). The van der Waals surface area contributed by atoms with Gasteiger partial charge in [0, 0.05) is 44.5 Å². The Bertz CT molecular complexity index is 1470. The van der Waals surface area contributed by atoms with E-state index in [-0.39, 0.29) is 21.4 Å². The summed E-state index contributed by atoms with van der Waals surface area (Å²) in [5, 5.41) is 2.57. The van der Waals surface area contributed by atoms with Crippen LogP contribution in [0.1, 0.15) is 6.92 Å². The van der Waals surface area contributed by atoms with E-state index in [9.17, 15) is 21.6 Å². The molecular weight excluding hydrogens is 516 g/mol. The first-order valence-electron chi connectivity index (χ1n) is 11.5. The highest BCUT2D eigenvalue weighted by Crippen LogP contribution is 2.29. The molecule has 196 valence electrons. The van der Waals surface area contributed by atoms with Crippen LogP contribution in [-0.4, -0.2) is 60.3 Å². The molecule has 1 fully saturated rings. The zero-order chi connectivity index (χ0) is 26.6. The van der Waals surface area contributed by atoms with Gasteiger partial charge in [-0.2, -0.15) is 4.31 Å². The van der Waals surface area contributed by atoms with Crippen molar-refractivity contribution in [2.75, 3.05) is 48.2 Å². The first-order valence-corrected chi connectivity index (χ1v) is 14.4. The second-order valence-electron chi connectivity index (χ2n) is 8.40. The van der Waals surface area contributed by atoms with Crippen LogP contribution in [0.5, 0.6) is 5.75 Å². The van der Waals surface area contributed by atoms with Gasteiger partial charge in [-0.15, -0.1) is 0 Å². The Morgan fingerprint density at radius 1 is 0.784 bits per heavy atom. The molecule has 0 unspecified atom stereocenters. The third kappa shape index (κ3) is 6.04. The molecule has 0 spiro atoms. The lowest BCUT2D eigenvalue weighted by atomic mass is 10.2. The summed E-state index contributed by atoms with van der Waals surface area (Å²) < 4.78 is 61.1. The molecule has 0 aromatic heterocycles. The van der Waals surface area contributed by atoms with E-state index >= 15 is 0 Å². The molecule has 0 bridgehead atoms. The fourth-order valence-electron chi connectivity index (χ4n) is 4.04. The SMILES string of the molecule is COc1ccccc1N1CCN(S(=O)(=O)c2ccc(NS(=O)(=O)c3ccc(NC(C)=O)cc3)cc2)CC1. The smallest absolute Gasteiger partial charge is 0.261 e. The van der Waals surface area contributed by atoms with Crippen LogP contribution < -0.4 is 19.7 Å². The van der Waals surface area contributed by atoms with Gasteiger partial charge in [0.2, 0.25) is 15.9 Å². The molecule has 0 radical (unpaired) electrons. The number of anilines is 3. The summed E-state index contributed by atoms with van der Waals surface area (Å²) in [6.07, 6.45) is 0. The van der Waals surface area contributed by atoms with E-state index in [1.165, 1.54) is 59.8 Å². The zero-order valence-electron chi connectivity index (χ0n) is 20.4. The van der Waals surface area contributed by atoms with Gasteiger partial charge in [0.05, 0.1) is 22.6 Å². The molecule has 12 heteroatoms. The fraction of sp³-hybridized carbons (Fsp3) is 0.240. The lowest BCUT2D eigenvalue weighted by Gasteiger charge is -2.35. The monoisotopic (exact) mass is 544 g/mol. The van der Waals surface area contributed by atoms with Crippen molar-refractivity contribution in [1.29, 1.82) is 0 Å². The number of hydrogen-bond acceptors (Lipinski definition) is 7. The van der Waals surface area contributed by atoms with E-state index in [1.54, 1.807) is 7.11 Å². The van der Waals surface area contributed by atoms with Crippen molar-refractivity contribution in [1.82, 2.24) is 4.31 Å². The van der Waals surface area contributed by atoms with Crippen molar-refractivity contribution in [3.8, 4) is 5.75 Å². The minimum atomic E-state index is -3.90. The maximum Gasteiger partial charge on any atom is 0.261 e. The number of sulfonamides is 2. The molecule has 1 amide bonds. The predicted molar refractivity (Wildman–Crippen MR) is 142 cm³/mol. The Hall–Kier alpha value is -3.61. The molecule has 1 aliphatic rings. The van der Waals surface area contributed by atoms with Gasteiger partial charge in [-0.3, -0.25) is 9.52 Å². The number of hydrogen-bond donors (Lipinski definition) is 2. The number of para-hydroxylation sites is 2. The van der Waals surface area contributed by atoms with Crippen molar-refractivity contribution in [3.63, 3.8) is 0 Å². The summed E-state index contributed by atoms with van der Waals surface area (Å²) in [7, 11) is -6.05. The van der Waals surface area contributed by atoms with Crippen LogP contribution in [0.3, 0.4) is 0 Å².